The summed E-state index contributed by atoms with van der Waals surface area (Å²) in [4.78, 5) is 25.9. The number of rotatable bonds is 6. The number of nitrogens with zero attached hydrogens (tertiary/aromatic N) is 1. The van der Waals surface area contributed by atoms with Crippen molar-refractivity contribution in [1.82, 2.24) is 10.2 Å². The van der Waals surface area contributed by atoms with Crippen molar-refractivity contribution in [1.29, 1.82) is 0 Å². The molecule has 34 heavy (non-hydrogen) atoms. The third-order valence-corrected chi connectivity index (χ3v) is 6.41. The van der Waals surface area contributed by atoms with Crippen molar-refractivity contribution in [2.45, 2.75) is 63.4 Å². The van der Waals surface area contributed by atoms with Gasteiger partial charge in [0.2, 0.25) is 0 Å². The molecular formula is C25H34N2O7. The molecule has 9 heteroatoms. The fourth-order valence-electron chi connectivity index (χ4n) is 4.89. The van der Waals surface area contributed by atoms with Gasteiger partial charge in [-0.25, -0.2) is 4.79 Å². The van der Waals surface area contributed by atoms with Gasteiger partial charge in [-0.3, -0.25) is 4.79 Å². The van der Waals surface area contributed by atoms with Crippen LogP contribution < -0.4 is 14.8 Å². The average Bonchev–Trinajstić information content (AvgIpc) is 3.02. The minimum Gasteiger partial charge on any atom is -0.493 e. The van der Waals surface area contributed by atoms with E-state index in [4.69, 9.17) is 23.7 Å². The van der Waals surface area contributed by atoms with E-state index in [0.717, 1.165) is 31.0 Å². The van der Waals surface area contributed by atoms with Gasteiger partial charge in [-0.15, -0.1) is 0 Å². The lowest BCUT2D eigenvalue weighted by Gasteiger charge is -2.36. The van der Waals surface area contributed by atoms with Gasteiger partial charge in [-0.1, -0.05) is 18.2 Å². The van der Waals surface area contributed by atoms with Gasteiger partial charge in [0.15, 0.2) is 18.3 Å². The van der Waals surface area contributed by atoms with E-state index in [1.165, 1.54) is 11.1 Å². The van der Waals surface area contributed by atoms with E-state index in [2.05, 4.69) is 29.4 Å². The number of carbonyl (C=O) groups is 2. The Morgan fingerprint density at radius 1 is 1.29 bits per heavy atom. The molecule has 0 saturated carbocycles. The van der Waals surface area contributed by atoms with Gasteiger partial charge in [0.25, 0.3) is 0 Å². The lowest BCUT2D eigenvalue weighted by molar-refractivity contribution is -0.159. The highest BCUT2D eigenvalue weighted by Crippen LogP contribution is 2.55. The maximum atomic E-state index is 11.9. The van der Waals surface area contributed by atoms with Crippen LogP contribution in [0.5, 0.6) is 11.5 Å². The zero-order valence-corrected chi connectivity index (χ0v) is 20.5. The van der Waals surface area contributed by atoms with Crippen molar-refractivity contribution in [2.75, 3.05) is 34.0 Å². The maximum absolute atomic E-state index is 11.9. The molecule has 3 aliphatic rings. The van der Waals surface area contributed by atoms with Crippen LogP contribution in [0.4, 0.5) is 4.79 Å². The predicted octanol–water partition coefficient (Wildman–Crippen LogP) is 2.90. The normalized spacial score (nSPS) is 25.4. The topological polar surface area (TPSA) is 95.6 Å². The first kappa shape index (κ1) is 24.3. The third-order valence-electron chi connectivity index (χ3n) is 6.41. The summed E-state index contributed by atoms with van der Waals surface area (Å²) in [6.45, 7) is 6.55. The molecule has 2 heterocycles. The molecule has 3 unspecified atom stereocenters. The number of amides is 1. The number of ether oxygens (including phenoxy) is 5. The van der Waals surface area contributed by atoms with Gasteiger partial charge in [0.05, 0.1) is 18.6 Å². The highest BCUT2D eigenvalue weighted by Gasteiger charge is 2.52. The van der Waals surface area contributed by atoms with Gasteiger partial charge >= 0.3 is 12.1 Å². The van der Waals surface area contributed by atoms with Crippen molar-refractivity contribution in [3.05, 3.63) is 35.4 Å². The molecule has 3 atom stereocenters. The molecule has 1 aromatic rings. The molecule has 0 aromatic heterocycles. The Morgan fingerprint density at radius 2 is 2.09 bits per heavy atom. The second-order valence-corrected chi connectivity index (χ2v) is 10.1. The molecule has 2 aliphatic heterocycles. The molecule has 0 fully saturated rings. The minimum atomic E-state index is -0.673. The number of alkyl carbamates (subject to hydrolysis) is 1. The molecule has 0 saturated heterocycles. The number of hydrogen-bond donors (Lipinski definition) is 1. The average molecular weight is 475 g/mol. The first-order valence-electron chi connectivity index (χ1n) is 11.6. The second-order valence-electron chi connectivity index (χ2n) is 10.1. The van der Waals surface area contributed by atoms with Crippen LogP contribution in [-0.4, -0.2) is 68.8 Å². The number of hydrogen-bond acceptors (Lipinski definition) is 8. The zero-order chi connectivity index (χ0) is 24.5. The Labute approximate surface area is 200 Å². The van der Waals surface area contributed by atoms with Crippen LogP contribution in [0.3, 0.4) is 0 Å². The molecule has 1 aliphatic carbocycles. The van der Waals surface area contributed by atoms with Gasteiger partial charge < -0.3 is 33.9 Å². The van der Waals surface area contributed by atoms with Crippen LogP contribution in [0, 0.1) is 0 Å². The van der Waals surface area contributed by atoms with Crippen LogP contribution in [0.25, 0.3) is 0 Å². The summed E-state index contributed by atoms with van der Waals surface area (Å²) in [5, 5.41) is 2.37. The van der Waals surface area contributed by atoms with Crippen LogP contribution in [0.15, 0.2) is 24.3 Å². The zero-order valence-electron chi connectivity index (χ0n) is 20.5. The molecule has 186 valence electrons. The summed E-state index contributed by atoms with van der Waals surface area (Å²) in [5.74, 6) is 0.965. The molecule has 1 N–H and O–H groups in total. The Balaban J connectivity index is 1.35. The molecule has 0 bridgehead atoms. The standard InChI is InChI=1S/C25H34N2O7/c1-24(2,3)34-23(29)26-13-20(28)32-15-31-17-8-9-25-10-11-27(4)14-16-6-7-18(30-5)22(21(16)25)33-19(25)12-17/h6-9,17,19H,10-15H2,1-5H3,(H,26,29). The fourth-order valence-corrected chi connectivity index (χ4v) is 4.89. The summed E-state index contributed by atoms with van der Waals surface area (Å²) in [7, 11) is 3.79. The van der Waals surface area contributed by atoms with Gasteiger partial charge in [-0.05, 0) is 52.4 Å². The predicted molar refractivity (Wildman–Crippen MR) is 124 cm³/mol. The van der Waals surface area contributed by atoms with E-state index in [1.54, 1.807) is 27.9 Å². The van der Waals surface area contributed by atoms with Gasteiger partial charge in [-0.2, -0.15) is 0 Å². The largest absolute Gasteiger partial charge is 0.493 e. The SMILES string of the molecule is COc1ccc2c3c1OC1CC(OCOC(=O)CNC(=O)OC(C)(C)C)C=CC31CCN(C)C2. The van der Waals surface area contributed by atoms with E-state index in [1.807, 2.05) is 12.1 Å². The molecule has 4 rings (SSSR count). The summed E-state index contributed by atoms with van der Waals surface area (Å²) in [6.07, 6.45) is 4.78. The van der Waals surface area contributed by atoms with Crippen molar-refractivity contribution in [3.63, 3.8) is 0 Å². The van der Waals surface area contributed by atoms with E-state index in [0.29, 0.717) is 6.42 Å². The van der Waals surface area contributed by atoms with Crippen molar-refractivity contribution < 1.29 is 33.3 Å². The molecule has 1 amide bonds. The van der Waals surface area contributed by atoms with E-state index >= 15 is 0 Å². The quantitative estimate of drug-likeness (QED) is 0.382. The molecule has 0 radical (unpaired) electrons. The molecule has 1 spiro atoms. The summed E-state index contributed by atoms with van der Waals surface area (Å²) >= 11 is 0. The van der Waals surface area contributed by atoms with Gasteiger partial charge in [0.1, 0.15) is 18.2 Å². The second kappa shape index (κ2) is 9.46. The van der Waals surface area contributed by atoms with Crippen LogP contribution in [-0.2, 0) is 31.0 Å². The summed E-state index contributed by atoms with van der Waals surface area (Å²) in [5.41, 5.74) is 1.61. The lowest BCUT2D eigenvalue weighted by Crippen LogP contribution is -2.43. The summed E-state index contributed by atoms with van der Waals surface area (Å²) < 4.78 is 28.1. The van der Waals surface area contributed by atoms with Crippen LogP contribution in [0.2, 0.25) is 0 Å². The monoisotopic (exact) mass is 474 g/mol. The number of carbonyl (C=O) groups excluding carboxylic acids is 2. The minimum absolute atomic E-state index is 0.0939. The van der Waals surface area contributed by atoms with Crippen molar-refractivity contribution in [3.8, 4) is 11.5 Å². The highest BCUT2D eigenvalue weighted by atomic mass is 16.7. The Morgan fingerprint density at radius 3 is 2.82 bits per heavy atom. The van der Waals surface area contributed by atoms with Crippen LogP contribution in [0.1, 0.15) is 44.7 Å². The Hall–Kier alpha value is -2.78. The molecule has 9 nitrogen and oxygen atoms in total. The van der Waals surface area contributed by atoms with Crippen molar-refractivity contribution in [2.24, 2.45) is 0 Å². The number of benzene rings is 1. The summed E-state index contributed by atoms with van der Waals surface area (Å²) in [6, 6.07) is 4.11. The van der Waals surface area contributed by atoms with E-state index < -0.39 is 17.7 Å². The first-order valence-corrected chi connectivity index (χ1v) is 11.6. The van der Waals surface area contributed by atoms with E-state index in [9.17, 15) is 9.59 Å². The Kier molecular flexibility index (Phi) is 6.78. The fraction of sp³-hybridized carbons (Fsp3) is 0.600. The van der Waals surface area contributed by atoms with E-state index in [-0.39, 0.29) is 31.0 Å². The smallest absolute Gasteiger partial charge is 0.408 e. The number of nitrogens with one attached hydrogen (secondary N) is 1. The van der Waals surface area contributed by atoms with Crippen LogP contribution >= 0.6 is 0 Å². The highest BCUT2D eigenvalue weighted by molar-refractivity contribution is 5.77. The third kappa shape index (κ3) is 5.00. The maximum Gasteiger partial charge on any atom is 0.408 e. The van der Waals surface area contributed by atoms with Crippen molar-refractivity contribution >= 4 is 12.1 Å². The molecule has 1 aromatic carbocycles. The first-order chi connectivity index (χ1) is 16.1. The molecular weight excluding hydrogens is 440 g/mol. The number of methoxy groups -OCH3 is 1. The van der Waals surface area contributed by atoms with Gasteiger partial charge in [0, 0.05) is 18.5 Å². The lowest BCUT2D eigenvalue weighted by atomic mass is 9.69. The number of esters is 1. The Bertz CT molecular complexity index is 971.